The van der Waals surface area contributed by atoms with Gasteiger partial charge in [0.25, 0.3) is 0 Å². The maximum Gasteiger partial charge on any atom is 0.0327 e. The Labute approximate surface area is 98.6 Å². The molecule has 0 spiro atoms. The molecular weight excluding hydrogens is 194 g/mol. The van der Waals surface area contributed by atoms with Gasteiger partial charge in [-0.2, -0.15) is 0 Å². The lowest BCUT2D eigenvalue weighted by Gasteiger charge is -2.40. The van der Waals surface area contributed by atoms with Crippen LogP contribution in [0.1, 0.15) is 38.2 Å². The highest BCUT2D eigenvalue weighted by atomic mass is 14.7. The molecule has 1 saturated carbocycles. The van der Waals surface area contributed by atoms with Crippen LogP contribution in [0.5, 0.6) is 0 Å². The Morgan fingerprint density at radius 2 is 2.00 bits per heavy atom. The van der Waals surface area contributed by atoms with Gasteiger partial charge in [0.2, 0.25) is 0 Å². The monoisotopic (exact) mass is 215 g/mol. The molecule has 1 aromatic rings. The summed E-state index contributed by atoms with van der Waals surface area (Å²) in [6, 6.07) is 10.9. The Hall–Kier alpha value is -1.11. The third-order valence-electron chi connectivity index (χ3n) is 4.03. The molecule has 0 radical (unpaired) electrons. The van der Waals surface area contributed by atoms with Crippen molar-refractivity contribution in [3.8, 4) is 0 Å². The lowest BCUT2D eigenvalue weighted by molar-refractivity contribution is 0.278. The molecule has 0 aromatic heterocycles. The van der Waals surface area contributed by atoms with Gasteiger partial charge in [-0.05, 0) is 24.3 Å². The number of aliphatic imine (C=N–C) groups is 1. The van der Waals surface area contributed by atoms with E-state index >= 15 is 0 Å². The smallest absolute Gasteiger partial charge is 0.0327 e. The van der Waals surface area contributed by atoms with E-state index in [9.17, 15) is 0 Å². The van der Waals surface area contributed by atoms with Gasteiger partial charge in [0, 0.05) is 18.7 Å². The summed E-state index contributed by atoms with van der Waals surface area (Å²) in [5.74, 6) is 0.701. The van der Waals surface area contributed by atoms with Crippen LogP contribution in [0.15, 0.2) is 35.3 Å². The predicted octanol–water partition coefficient (Wildman–Crippen LogP) is 3.84. The van der Waals surface area contributed by atoms with E-state index in [0.717, 1.165) is 0 Å². The molecule has 1 nitrogen and oxygen atoms in total. The van der Waals surface area contributed by atoms with Crippen LogP contribution in [-0.2, 0) is 5.41 Å². The van der Waals surface area contributed by atoms with Gasteiger partial charge in [-0.25, -0.2) is 0 Å². The van der Waals surface area contributed by atoms with Gasteiger partial charge in [-0.15, -0.1) is 0 Å². The second kappa shape index (κ2) is 4.82. The molecule has 0 bridgehead atoms. The maximum absolute atomic E-state index is 4.33. The van der Waals surface area contributed by atoms with Crippen molar-refractivity contribution in [1.82, 2.24) is 0 Å². The first kappa shape index (κ1) is 11.4. The Bertz CT molecular complexity index is 355. The normalized spacial score (nSPS) is 30.8. The van der Waals surface area contributed by atoms with Crippen LogP contribution in [-0.4, -0.2) is 13.3 Å². The van der Waals surface area contributed by atoms with Crippen molar-refractivity contribution in [1.29, 1.82) is 0 Å². The molecule has 16 heavy (non-hydrogen) atoms. The fourth-order valence-electron chi connectivity index (χ4n) is 3.05. The molecule has 1 aliphatic carbocycles. The Kier molecular flexibility index (Phi) is 3.42. The minimum atomic E-state index is 0.189. The largest absolute Gasteiger partial charge is 0.300 e. The zero-order valence-electron chi connectivity index (χ0n) is 10.3. The van der Waals surface area contributed by atoms with E-state index < -0.39 is 0 Å². The van der Waals surface area contributed by atoms with Crippen molar-refractivity contribution in [2.75, 3.05) is 7.05 Å². The van der Waals surface area contributed by atoms with E-state index in [1.807, 2.05) is 7.05 Å². The van der Waals surface area contributed by atoms with Crippen molar-refractivity contribution in [2.24, 2.45) is 10.9 Å². The lowest BCUT2D eigenvalue weighted by atomic mass is 9.64. The second-order valence-electron chi connectivity index (χ2n) is 4.94. The van der Waals surface area contributed by atoms with Crippen LogP contribution in [0.4, 0.5) is 0 Å². The predicted molar refractivity (Wildman–Crippen MR) is 70.2 cm³/mol. The number of nitrogens with zero attached hydrogens (tertiary/aromatic N) is 1. The molecule has 1 unspecified atom stereocenters. The van der Waals surface area contributed by atoms with Gasteiger partial charge in [-0.3, -0.25) is 4.99 Å². The van der Waals surface area contributed by atoms with E-state index in [2.05, 4.69) is 48.5 Å². The maximum atomic E-state index is 4.33. The first-order valence-electron chi connectivity index (χ1n) is 6.28. The average molecular weight is 215 g/mol. The van der Waals surface area contributed by atoms with Crippen LogP contribution >= 0.6 is 0 Å². The molecule has 1 aromatic carbocycles. The standard InChI is InChI=1S/C15H21N/c1-13-8-6-7-11-15(13,12-16-2)14-9-4-3-5-10-14/h3-5,9-10,12-13H,6-8,11H2,1-2H3/b16-12-/t13?,15-/m1/s1. The molecule has 1 fully saturated rings. The Balaban J connectivity index is 2.42. The summed E-state index contributed by atoms with van der Waals surface area (Å²) in [6.07, 6.45) is 7.45. The molecule has 2 atom stereocenters. The van der Waals surface area contributed by atoms with Crippen LogP contribution < -0.4 is 0 Å². The van der Waals surface area contributed by atoms with Crippen LogP contribution in [0.3, 0.4) is 0 Å². The molecule has 1 heteroatoms. The third-order valence-corrected chi connectivity index (χ3v) is 4.03. The fraction of sp³-hybridized carbons (Fsp3) is 0.533. The molecule has 0 N–H and O–H groups in total. The molecular formula is C15H21N. The highest BCUT2D eigenvalue weighted by Crippen LogP contribution is 2.42. The van der Waals surface area contributed by atoms with Crippen molar-refractivity contribution < 1.29 is 0 Å². The van der Waals surface area contributed by atoms with Gasteiger partial charge in [0.1, 0.15) is 0 Å². The summed E-state index contributed by atoms with van der Waals surface area (Å²) in [4.78, 5) is 4.33. The fourth-order valence-corrected chi connectivity index (χ4v) is 3.05. The quantitative estimate of drug-likeness (QED) is 0.665. The number of benzene rings is 1. The topological polar surface area (TPSA) is 12.4 Å². The molecule has 0 amide bonds. The number of hydrogen-bond acceptors (Lipinski definition) is 1. The van der Waals surface area contributed by atoms with Gasteiger partial charge in [-0.1, -0.05) is 50.1 Å². The number of hydrogen-bond donors (Lipinski definition) is 0. The van der Waals surface area contributed by atoms with Crippen LogP contribution in [0.25, 0.3) is 0 Å². The summed E-state index contributed by atoms with van der Waals surface area (Å²) < 4.78 is 0. The van der Waals surface area contributed by atoms with Crippen LogP contribution in [0.2, 0.25) is 0 Å². The molecule has 0 aliphatic heterocycles. The van der Waals surface area contributed by atoms with E-state index in [-0.39, 0.29) is 5.41 Å². The Morgan fingerprint density at radius 3 is 2.62 bits per heavy atom. The van der Waals surface area contributed by atoms with Gasteiger partial charge in [0.05, 0.1) is 0 Å². The minimum Gasteiger partial charge on any atom is -0.300 e. The summed E-state index contributed by atoms with van der Waals surface area (Å²) in [6.45, 7) is 2.37. The molecule has 0 saturated heterocycles. The lowest BCUT2D eigenvalue weighted by Crippen LogP contribution is -2.38. The Morgan fingerprint density at radius 1 is 1.25 bits per heavy atom. The average Bonchev–Trinajstić information content (AvgIpc) is 2.34. The SMILES string of the molecule is C/N=C\[C@]1(c2ccccc2)CCCCC1C. The molecule has 86 valence electrons. The summed E-state index contributed by atoms with van der Waals surface area (Å²) in [7, 11) is 1.89. The summed E-state index contributed by atoms with van der Waals surface area (Å²) in [5, 5.41) is 0. The zero-order chi connectivity index (χ0) is 11.4. The first-order valence-corrected chi connectivity index (χ1v) is 6.28. The van der Waals surface area contributed by atoms with E-state index in [4.69, 9.17) is 0 Å². The van der Waals surface area contributed by atoms with E-state index in [1.54, 1.807) is 0 Å². The van der Waals surface area contributed by atoms with Gasteiger partial charge in [0.15, 0.2) is 0 Å². The van der Waals surface area contributed by atoms with Crippen molar-refractivity contribution in [3.63, 3.8) is 0 Å². The van der Waals surface area contributed by atoms with Crippen LogP contribution in [0, 0.1) is 5.92 Å². The van der Waals surface area contributed by atoms with Crippen molar-refractivity contribution >= 4 is 6.21 Å². The number of rotatable bonds is 2. The summed E-state index contributed by atoms with van der Waals surface area (Å²) in [5.41, 5.74) is 1.63. The highest BCUT2D eigenvalue weighted by molar-refractivity contribution is 5.74. The van der Waals surface area contributed by atoms with E-state index in [0.29, 0.717) is 5.92 Å². The van der Waals surface area contributed by atoms with Gasteiger partial charge < -0.3 is 0 Å². The van der Waals surface area contributed by atoms with E-state index in [1.165, 1.54) is 31.2 Å². The summed E-state index contributed by atoms with van der Waals surface area (Å²) >= 11 is 0. The van der Waals surface area contributed by atoms with Gasteiger partial charge >= 0.3 is 0 Å². The first-order chi connectivity index (χ1) is 7.79. The highest BCUT2D eigenvalue weighted by Gasteiger charge is 2.37. The molecule has 2 rings (SSSR count). The minimum absolute atomic E-state index is 0.189. The second-order valence-corrected chi connectivity index (χ2v) is 4.94. The molecule has 1 aliphatic rings. The van der Waals surface area contributed by atoms with Crippen molar-refractivity contribution in [3.05, 3.63) is 35.9 Å². The third kappa shape index (κ3) is 1.91. The zero-order valence-corrected chi connectivity index (χ0v) is 10.3. The molecule has 0 heterocycles. The van der Waals surface area contributed by atoms with Crippen molar-refractivity contribution in [2.45, 2.75) is 38.0 Å².